The minimum atomic E-state index is -4.96. The molecule has 0 aromatic carbocycles. The SMILES string of the molecule is CCCCCCCCCCCC(=O)OC[C@H](COP(=O)(O)OC[C@H](O)COP(=O)(O)OC[C@@H](COC(=O)CCCCCCCCCCCCCCCCC(C)C)OC(=O)CCCCCCCCCCCCCCCCCCCCC(C)C)OC(=O)CCCCCCCCCCC. The third-order valence-corrected chi connectivity index (χ3v) is 19.9. The highest BCUT2D eigenvalue weighted by molar-refractivity contribution is 7.47. The van der Waals surface area contributed by atoms with Gasteiger partial charge in [0.2, 0.25) is 0 Å². The topological polar surface area (TPSA) is 237 Å². The number of hydrogen-bond donors (Lipinski definition) is 3. The number of ether oxygens (including phenoxy) is 4. The summed E-state index contributed by atoms with van der Waals surface area (Å²) in [7, 11) is -9.90. The molecule has 0 aromatic heterocycles. The smallest absolute Gasteiger partial charge is 0.462 e. The number of carbonyl (C=O) groups excluding carboxylic acids is 4. The van der Waals surface area contributed by atoms with Crippen molar-refractivity contribution in [3.63, 3.8) is 0 Å². The second kappa shape index (κ2) is 68.8. The van der Waals surface area contributed by atoms with E-state index < -0.39 is 97.5 Å². The zero-order valence-corrected chi connectivity index (χ0v) is 64.5. The van der Waals surface area contributed by atoms with E-state index in [1.54, 1.807) is 0 Å². The van der Waals surface area contributed by atoms with E-state index in [0.717, 1.165) is 102 Å². The van der Waals surface area contributed by atoms with Gasteiger partial charge in [-0.3, -0.25) is 37.3 Å². The summed E-state index contributed by atoms with van der Waals surface area (Å²) < 4.78 is 68.4. The van der Waals surface area contributed by atoms with E-state index in [0.29, 0.717) is 25.7 Å². The van der Waals surface area contributed by atoms with Crippen molar-refractivity contribution in [3.05, 3.63) is 0 Å². The normalized spacial score (nSPS) is 14.0. The van der Waals surface area contributed by atoms with Crippen LogP contribution in [0, 0.1) is 11.8 Å². The van der Waals surface area contributed by atoms with Gasteiger partial charge < -0.3 is 33.8 Å². The fraction of sp³-hybridized carbons (Fsp3) is 0.948. The molecule has 0 aliphatic heterocycles. The monoisotopic (exact) mass is 1410 g/mol. The number of aliphatic hydroxyl groups is 1. The quantitative estimate of drug-likeness (QED) is 0.0222. The van der Waals surface area contributed by atoms with Crippen molar-refractivity contribution in [2.24, 2.45) is 11.8 Å². The lowest BCUT2D eigenvalue weighted by Crippen LogP contribution is -2.30. The predicted molar refractivity (Wildman–Crippen MR) is 391 cm³/mol. The van der Waals surface area contributed by atoms with Gasteiger partial charge in [-0.05, 0) is 37.5 Å². The standard InChI is InChI=1S/C77H150O17P2/c1-7-9-11-13-15-33-41-47-53-59-74(79)87-65-72(93-76(81)61-55-49-43-34-16-14-12-10-8-2)67-91-95(83,84)89-63-71(78)64-90-96(85,86)92-68-73(66-88-75(80)60-54-48-42-37-31-27-24-23-26-30-36-40-46-52-58-70(5)6)94-77(82)62-56-50-44-38-32-28-22-20-18-17-19-21-25-29-35-39-45-51-57-69(3)4/h69-73,78H,7-68H2,1-6H3,(H,83,84)(H,85,86)/t71-,72+,73+/m0/s1. The van der Waals surface area contributed by atoms with Crippen LogP contribution < -0.4 is 0 Å². The highest BCUT2D eigenvalue weighted by Gasteiger charge is 2.30. The van der Waals surface area contributed by atoms with Crippen molar-refractivity contribution in [2.45, 2.75) is 419 Å². The van der Waals surface area contributed by atoms with Crippen LogP contribution in [0.25, 0.3) is 0 Å². The number of carbonyl (C=O) groups is 4. The first-order chi connectivity index (χ1) is 46.4. The van der Waals surface area contributed by atoms with Crippen molar-refractivity contribution >= 4 is 39.5 Å². The lowest BCUT2D eigenvalue weighted by Gasteiger charge is -2.21. The fourth-order valence-electron chi connectivity index (χ4n) is 11.8. The van der Waals surface area contributed by atoms with Crippen LogP contribution in [0.3, 0.4) is 0 Å². The number of esters is 4. The van der Waals surface area contributed by atoms with Crippen molar-refractivity contribution in [1.82, 2.24) is 0 Å². The molecule has 96 heavy (non-hydrogen) atoms. The molecule has 570 valence electrons. The number of unbranched alkanes of at least 4 members (excludes halogenated alkanes) is 46. The van der Waals surface area contributed by atoms with Crippen LogP contribution in [-0.2, 0) is 65.4 Å². The summed E-state index contributed by atoms with van der Waals surface area (Å²) >= 11 is 0. The van der Waals surface area contributed by atoms with E-state index in [2.05, 4.69) is 41.5 Å². The molecule has 0 aliphatic rings. The summed E-state index contributed by atoms with van der Waals surface area (Å²) in [4.78, 5) is 72.7. The number of aliphatic hydroxyl groups excluding tert-OH is 1. The lowest BCUT2D eigenvalue weighted by molar-refractivity contribution is -0.161. The van der Waals surface area contributed by atoms with E-state index in [-0.39, 0.29) is 25.7 Å². The largest absolute Gasteiger partial charge is 0.472 e. The Morgan fingerprint density at radius 3 is 0.708 bits per heavy atom. The highest BCUT2D eigenvalue weighted by atomic mass is 31.2. The maximum atomic E-state index is 13.1. The molecule has 0 radical (unpaired) electrons. The number of phosphoric ester groups is 2. The van der Waals surface area contributed by atoms with E-state index in [4.69, 9.17) is 37.0 Å². The summed E-state index contributed by atoms with van der Waals surface area (Å²) in [5.74, 6) is -0.497. The van der Waals surface area contributed by atoms with Crippen LogP contribution in [-0.4, -0.2) is 96.7 Å². The molecule has 0 aliphatic carbocycles. The van der Waals surface area contributed by atoms with Crippen LogP contribution in [0.2, 0.25) is 0 Å². The first-order valence-electron chi connectivity index (χ1n) is 40.0. The first-order valence-corrected chi connectivity index (χ1v) is 43.0. The third kappa shape index (κ3) is 70.5. The average molecular weight is 1410 g/mol. The number of phosphoric acid groups is 2. The van der Waals surface area contributed by atoms with Gasteiger partial charge in [-0.15, -0.1) is 0 Å². The van der Waals surface area contributed by atoms with Crippen LogP contribution in [0.5, 0.6) is 0 Å². The van der Waals surface area contributed by atoms with Gasteiger partial charge in [0.1, 0.15) is 19.3 Å². The van der Waals surface area contributed by atoms with Crippen LogP contribution in [0.15, 0.2) is 0 Å². The number of hydrogen-bond acceptors (Lipinski definition) is 15. The van der Waals surface area contributed by atoms with E-state index in [1.165, 1.54) is 218 Å². The Balaban J connectivity index is 5.17. The molecule has 0 amide bonds. The molecular formula is C77H150O17P2. The lowest BCUT2D eigenvalue weighted by atomic mass is 10.0. The molecule has 0 aromatic rings. The molecule has 0 spiro atoms. The molecular weight excluding hydrogens is 1260 g/mol. The van der Waals surface area contributed by atoms with Gasteiger partial charge in [0.15, 0.2) is 12.2 Å². The fourth-order valence-corrected chi connectivity index (χ4v) is 13.4. The van der Waals surface area contributed by atoms with Crippen LogP contribution in [0.1, 0.15) is 401 Å². The molecule has 0 saturated heterocycles. The molecule has 0 bridgehead atoms. The van der Waals surface area contributed by atoms with Gasteiger partial charge in [-0.1, -0.05) is 350 Å². The Bertz CT molecular complexity index is 1860. The molecule has 0 heterocycles. The minimum Gasteiger partial charge on any atom is -0.462 e. The van der Waals surface area contributed by atoms with Crippen molar-refractivity contribution in [2.75, 3.05) is 39.6 Å². The molecule has 2 unspecified atom stereocenters. The number of rotatable bonds is 76. The summed E-state index contributed by atoms with van der Waals surface area (Å²) in [5.41, 5.74) is 0. The summed E-state index contributed by atoms with van der Waals surface area (Å²) in [6, 6.07) is 0. The van der Waals surface area contributed by atoms with Crippen molar-refractivity contribution in [1.29, 1.82) is 0 Å². The third-order valence-electron chi connectivity index (χ3n) is 18.0. The Morgan fingerprint density at radius 2 is 0.479 bits per heavy atom. The Morgan fingerprint density at radius 1 is 0.281 bits per heavy atom. The minimum absolute atomic E-state index is 0.106. The zero-order chi connectivity index (χ0) is 70.7. The molecule has 19 heteroatoms. The van der Waals surface area contributed by atoms with Gasteiger partial charge in [0.05, 0.1) is 26.4 Å². The molecule has 17 nitrogen and oxygen atoms in total. The molecule has 5 atom stereocenters. The zero-order valence-electron chi connectivity index (χ0n) is 62.7. The highest BCUT2D eigenvalue weighted by Crippen LogP contribution is 2.45. The van der Waals surface area contributed by atoms with Gasteiger partial charge in [-0.25, -0.2) is 9.13 Å². The second-order valence-electron chi connectivity index (χ2n) is 28.7. The van der Waals surface area contributed by atoms with Crippen molar-refractivity contribution < 1.29 is 80.2 Å². The predicted octanol–water partition coefficient (Wildman–Crippen LogP) is 22.7. The Hall–Kier alpha value is -1.94. The average Bonchev–Trinajstić information content (AvgIpc) is 1.78. The summed E-state index contributed by atoms with van der Waals surface area (Å²) in [5, 5.41) is 10.6. The Labute approximate surface area is 588 Å². The van der Waals surface area contributed by atoms with E-state index in [1.807, 2.05) is 0 Å². The van der Waals surface area contributed by atoms with Gasteiger partial charge in [0, 0.05) is 25.7 Å². The molecule has 0 rings (SSSR count). The van der Waals surface area contributed by atoms with Gasteiger partial charge in [-0.2, -0.15) is 0 Å². The van der Waals surface area contributed by atoms with Crippen LogP contribution >= 0.6 is 15.6 Å². The van der Waals surface area contributed by atoms with Crippen LogP contribution in [0.4, 0.5) is 0 Å². The molecule has 0 saturated carbocycles. The summed E-state index contributed by atoms with van der Waals surface area (Å²) in [6.45, 7) is 9.63. The van der Waals surface area contributed by atoms with E-state index in [9.17, 15) is 43.2 Å². The molecule has 0 fully saturated rings. The summed E-state index contributed by atoms with van der Waals surface area (Å²) in [6.07, 6.45) is 57.0. The van der Waals surface area contributed by atoms with E-state index >= 15 is 0 Å². The second-order valence-corrected chi connectivity index (χ2v) is 31.6. The Kier molecular flexibility index (Phi) is 67.4. The maximum absolute atomic E-state index is 13.1. The maximum Gasteiger partial charge on any atom is 0.472 e. The van der Waals surface area contributed by atoms with Crippen molar-refractivity contribution in [3.8, 4) is 0 Å². The van der Waals surface area contributed by atoms with Gasteiger partial charge >= 0.3 is 39.5 Å². The van der Waals surface area contributed by atoms with Gasteiger partial charge in [0.25, 0.3) is 0 Å². The first kappa shape index (κ1) is 94.1. The molecule has 3 N–H and O–H groups in total.